The first-order valence-electron chi connectivity index (χ1n) is 20.7. The Morgan fingerprint density at radius 3 is 1.91 bits per heavy atom. The molecule has 3 unspecified atom stereocenters. The fourth-order valence-corrected chi connectivity index (χ4v) is 13.9. The van der Waals surface area contributed by atoms with Gasteiger partial charge in [0.15, 0.2) is 0 Å². The van der Waals surface area contributed by atoms with Crippen molar-refractivity contribution in [3.05, 3.63) is 113 Å². The number of hydrogen-bond donors (Lipinski definition) is 0. The van der Waals surface area contributed by atoms with Gasteiger partial charge in [0.25, 0.3) is 0 Å². The van der Waals surface area contributed by atoms with Crippen LogP contribution < -0.4 is 0 Å². The molecule has 280 valence electrons. The van der Waals surface area contributed by atoms with Crippen LogP contribution in [-0.4, -0.2) is 10.9 Å². The predicted octanol–water partition coefficient (Wildman–Crippen LogP) is 12.1. The Kier molecular flexibility index (Phi) is 8.93. The highest BCUT2D eigenvalue weighted by molar-refractivity contribution is 8.04. The molecule has 0 aromatic carbocycles. The van der Waals surface area contributed by atoms with Crippen LogP contribution >= 0.6 is 23.1 Å². The molecule has 6 nitrogen and oxygen atoms in total. The van der Waals surface area contributed by atoms with Gasteiger partial charge in [-0.15, -0.1) is 23.1 Å². The Labute approximate surface area is 338 Å². The highest BCUT2D eigenvalue weighted by Gasteiger charge is 2.51. The van der Waals surface area contributed by atoms with Gasteiger partial charge in [-0.25, -0.2) is 0 Å². The van der Waals surface area contributed by atoms with Crippen molar-refractivity contribution in [3.63, 3.8) is 0 Å². The van der Waals surface area contributed by atoms with Gasteiger partial charge in [-0.05, 0) is 137 Å². The molecule has 0 N–H and O–H groups in total. The van der Waals surface area contributed by atoms with Crippen molar-refractivity contribution in [1.82, 2.24) is 0 Å². The van der Waals surface area contributed by atoms with E-state index in [9.17, 15) is 21.0 Å². The molecule has 2 fully saturated rings. The van der Waals surface area contributed by atoms with Crippen molar-refractivity contribution in [1.29, 1.82) is 21.0 Å². The first-order chi connectivity index (χ1) is 27.4. The minimum absolute atomic E-state index is 0.154. The number of fused-ring (bicyclic) bond motifs is 8. The van der Waals surface area contributed by atoms with Crippen LogP contribution in [0.4, 0.5) is 0 Å². The molecule has 3 aliphatic heterocycles. The summed E-state index contributed by atoms with van der Waals surface area (Å²) in [6.45, 7) is 0. The first kappa shape index (κ1) is 35.7. The van der Waals surface area contributed by atoms with Crippen LogP contribution in [0.25, 0.3) is 11.1 Å². The molecule has 2 saturated carbocycles. The van der Waals surface area contributed by atoms with Gasteiger partial charge in [0.1, 0.15) is 58.1 Å². The number of allylic oxidation sites excluding steroid dienone is 13. The number of rotatable bonds is 2. The summed E-state index contributed by atoms with van der Waals surface area (Å²) in [6.07, 6.45) is 31.7. The van der Waals surface area contributed by atoms with Crippen molar-refractivity contribution in [2.45, 2.75) is 126 Å². The molecular weight excluding hydrogens is 729 g/mol. The van der Waals surface area contributed by atoms with Gasteiger partial charge >= 0.3 is 0 Å². The third kappa shape index (κ3) is 5.75. The van der Waals surface area contributed by atoms with Crippen LogP contribution in [0.5, 0.6) is 0 Å². The second kappa shape index (κ2) is 14.0. The number of ether oxygens (including phenoxy) is 2. The monoisotopic (exact) mass is 772 g/mol. The molecular formula is C48H44N4O2S2. The third-order valence-electron chi connectivity index (χ3n) is 13.8. The highest BCUT2D eigenvalue weighted by Crippen LogP contribution is 2.61. The Hall–Kier alpha value is -4.73. The lowest BCUT2D eigenvalue weighted by atomic mass is 9.71. The Bertz CT molecular complexity index is 2370. The average Bonchev–Trinajstić information content (AvgIpc) is 3.90. The lowest BCUT2D eigenvalue weighted by molar-refractivity contribution is -0.0322. The molecule has 2 spiro atoms. The summed E-state index contributed by atoms with van der Waals surface area (Å²) >= 11 is 3.87. The molecule has 1 aromatic heterocycles. The van der Waals surface area contributed by atoms with E-state index in [1.807, 2.05) is 23.1 Å². The standard InChI is InChI=1S/C48H44N4O2S2/c49-25-35(26-50)29-9-7-11-31(17-29)43-23-39-45(55-43)37-19-34-22-42-38(20-33(34)21-41(37)53-47(39)13-3-1-4-14-47)46-40(48(54-42)15-5-2-6-16-48)24-44(56-46)32-12-8-10-30(18-32)36(27-51)28-52/h17-23,33-34,44H,1-16,24H2. The van der Waals surface area contributed by atoms with Crippen LogP contribution in [0.3, 0.4) is 0 Å². The predicted molar refractivity (Wildman–Crippen MR) is 220 cm³/mol. The Morgan fingerprint density at radius 1 is 0.643 bits per heavy atom. The van der Waals surface area contributed by atoms with E-state index in [4.69, 9.17) is 9.47 Å². The van der Waals surface area contributed by atoms with Crippen LogP contribution in [-0.2, 0) is 15.1 Å². The number of hydrogen-bond acceptors (Lipinski definition) is 8. The van der Waals surface area contributed by atoms with E-state index < -0.39 is 0 Å². The maximum Gasteiger partial charge on any atom is 0.135 e. The summed E-state index contributed by atoms with van der Waals surface area (Å²) in [5.74, 6) is 2.36. The normalized spacial score (nSPS) is 27.9. The van der Waals surface area contributed by atoms with Crippen molar-refractivity contribution in [2.75, 3.05) is 0 Å². The van der Waals surface area contributed by atoms with E-state index in [0.717, 1.165) is 106 Å². The summed E-state index contributed by atoms with van der Waals surface area (Å²) in [4.78, 5) is 3.96. The number of nitrogens with zero attached hydrogens (tertiary/aromatic N) is 4. The third-order valence-corrected chi connectivity index (χ3v) is 16.5. The SMILES string of the molecule is N#CC(C#N)=C1C=C(c2cc3c(s2)C2=CC4C=C5OC6(CCCCC6)C6=C(SC(C7=CC(=C(C#N)C#N)CCC7)C6)C5=CC4C=C2OC32CCCCC2)CCC1. The summed E-state index contributed by atoms with van der Waals surface area (Å²) in [5.41, 5.74) is 9.48. The van der Waals surface area contributed by atoms with Gasteiger partial charge in [0.2, 0.25) is 0 Å². The molecule has 1 aromatic rings. The minimum Gasteiger partial charge on any atom is -0.483 e. The second-order valence-corrected chi connectivity index (χ2v) is 19.3. The average molecular weight is 773 g/mol. The van der Waals surface area contributed by atoms with Gasteiger partial charge in [-0.1, -0.05) is 42.7 Å². The van der Waals surface area contributed by atoms with E-state index in [1.165, 1.54) is 73.8 Å². The molecule has 9 aliphatic rings. The van der Waals surface area contributed by atoms with Crippen LogP contribution in [0.15, 0.2) is 98.0 Å². The quantitative estimate of drug-likeness (QED) is 0.275. The van der Waals surface area contributed by atoms with Crippen molar-refractivity contribution in [2.24, 2.45) is 11.8 Å². The summed E-state index contributed by atoms with van der Waals surface area (Å²) in [7, 11) is 0. The number of nitriles is 4. The van der Waals surface area contributed by atoms with Crippen LogP contribution in [0.1, 0.15) is 124 Å². The fraction of sp³-hybridized carbons (Fsp3) is 0.458. The Balaban J connectivity index is 1.03. The molecule has 0 radical (unpaired) electrons. The molecule has 56 heavy (non-hydrogen) atoms. The van der Waals surface area contributed by atoms with Gasteiger partial charge in [-0.2, -0.15) is 21.0 Å². The zero-order valence-electron chi connectivity index (χ0n) is 31.7. The first-order valence-corrected chi connectivity index (χ1v) is 22.4. The van der Waals surface area contributed by atoms with E-state index in [2.05, 4.69) is 66.8 Å². The summed E-state index contributed by atoms with van der Waals surface area (Å²) < 4.78 is 14.6. The van der Waals surface area contributed by atoms with Gasteiger partial charge in [0.05, 0.1) is 0 Å². The fourth-order valence-electron chi connectivity index (χ4n) is 11.0. The van der Waals surface area contributed by atoms with Gasteiger partial charge < -0.3 is 9.47 Å². The molecule has 0 bridgehead atoms. The maximum atomic E-state index is 9.64. The Morgan fingerprint density at radius 2 is 1.23 bits per heavy atom. The van der Waals surface area contributed by atoms with E-state index in [0.29, 0.717) is 5.25 Å². The molecule has 10 rings (SSSR count). The van der Waals surface area contributed by atoms with Crippen molar-refractivity contribution < 1.29 is 9.47 Å². The lowest BCUT2D eigenvalue weighted by Crippen LogP contribution is -2.41. The zero-order chi connectivity index (χ0) is 38.0. The molecule has 0 amide bonds. The zero-order valence-corrected chi connectivity index (χ0v) is 33.3. The lowest BCUT2D eigenvalue weighted by Gasteiger charge is -2.46. The van der Waals surface area contributed by atoms with Crippen LogP contribution in [0.2, 0.25) is 0 Å². The number of thiophene rings is 1. The van der Waals surface area contributed by atoms with Gasteiger partial charge in [-0.3, -0.25) is 0 Å². The number of thioether (sulfide) groups is 1. The highest BCUT2D eigenvalue weighted by atomic mass is 32.2. The van der Waals surface area contributed by atoms with Crippen molar-refractivity contribution >= 4 is 34.2 Å². The van der Waals surface area contributed by atoms with Crippen LogP contribution in [0, 0.1) is 57.2 Å². The van der Waals surface area contributed by atoms with E-state index in [1.54, 1.807) is 0 Å². The second-order valence-electron chi connectivity index (χ2n) is 17.0. The van der Waals surface area contributed by atoms with E-state index >= 15 is 0 Å². The molecule has 6 aliphatic carbocycles. The smallest absolute Gasteiger partial charge is 0.135 e. The molecule has 8 heteroatoms. The van der Waals surface area contributed by atoms with Gasteiger partial charge in [0, 0.05) is 48.5 Å². The minimum atomic E-state index is -0.330. The van der Waals surface area contributed by atoms with E-state index in [-0.39, 0.29) is 34.2 Å². The van der Waals surface area contributed by atoms with Crippen molar-refractivity contribution in [3.8, 4) is 24.3 Å². The summed E-state index contributed by atoms with van der Waals surface area (Å²) in [5, 5.41) is 38.8. The molecule has 0 saturated heterocycles. The summed E-state index contributed by atoms with van der Waals surface area (Å²) in [6, 6.07) is 10.9. The molecule has 4 heterocycles. The molecule has 3 atom stereocenters. The largest absolute Gasteiger partial charge is 0.483 e. The topological polar surface area (TPSA) is 114 Å². The maximum absolute atomic E-state index is 9.64.